The van der Waals surface area contributed by atoms with Gasteiger partial charge in [0.05, 0.1) is 6.04 Å². The molecule has 0 saturated heterocycles. The van der Waals surface area contributed by atoms with Crippen molar-refractivity contribution in [1.82, 2.24) is 5.32 Å². The van der Waals surface area contributed by atoms with Crippen LogP contribution in [-0.2, 0) is 0 Å². The molecule has 1 N–H and O–H groups in total. The molecular weight excluding hydrogens is 268 g/mol. The highest BCUT2D eigenvalue weighted by Gasteiger charge is 2.15. The second-order valence-corrected chi connectivity index (χ2v) is 5.46. The van der Waals surface area contributed by atoms with Gasteiger partial charge in [0.15, 0.2) is 0 Å². The first-order valence-electron chi connectivity index (χ1n) is 7.27. The van der Waals surface area contributed by atoms with Crippen molar-refractivity contribution in [2.24, 2.45) is 0 Å². The monoisotopic (exact) mass is 289 g/mol. The van der Waals surface area contributed by atoms with Crippen LogP contribution in [0, 0.1) is 25.5 Å². The molecule has 1 nitrogen and oxygen atoms in total. The Kier molecular flexibility index (Phi) is 5.07. The van der Waals surface area contributed by atoms with Gasteiger partial charge in [0.25, 0.3) is 0 Å². The van der Waals surface area contributed by atoms with E-state index in [1.165, 1.54) is 12.1 Å². The Hall–Kier alpha value is -1.74. The summed E-state index contributed by atoms with van der Waals surface area (Å²) in [5, 5.41) is 3.41. The molecule has 3 heteroatoms. The topological polar surface area (TPSA) is 12.0 Å². The Morgan fingerprint density at radius 2 is 1.76 bits per heavy atom. The molecule has 0 aliphatic carbocycles. The lowest BCUT2D eigenvalue weighted by Gasteiger charge is -2.21. The summed E-state index contributed by atoms with van der Waals surface area (Å²) in [5.74, 6) is -0.462. The van der Waals surface area contributed by atoms with Crippen LogP contribution in [0.2, 0.25) is 0 Å². The zero-order chi connectivity index (χ0) is 15.4. The van der Waals surface area contributed by atoms with Gasteiger partial charge in [-0.25, -0.2) is 8.78 Å². The minimum atomic E-state index is -0.243. The second-order valence-electron chi connectivity index (χ2n) is 5.46. The van der Waals surface area contributed by atoms with Crippen molar-refractivity contribution in [3.05, 3.63) is 70.3 Å². The number of halogens is 2. The van der Waals surface area contributed by atoms with E-state index in [0.717, 1.165) is 29.7 Å². The van der Waals surface area contributed by atoms with Crippen LogP contribution in [-0.4, -0.2) is 6.54 Å². The molecule has 0 saturated carbocycles. The molecule has 2 rings (SSSR count). The van der Waals surface area contributed by atoms with Crippen LogP contribution in [0.5, 0.6) is 0 Å². The molecule has 1 unspecified atom stereocenters. The average molecular weight is 289 g/mol. The minimum absolute atomic E-state index is 0.126. The molecule has 0 amide bonds. The van der Waals surface area contributed by atoms with E-state index in [2.05, 4.69) is 12.2 Å². The third kappa shape index (κ3) is 3.88. The maximum absolute atomic E-state index is 13.7. The summed E-state index contributed by atoms with van der Waals surface area (Å²) in [6, 6.07) is 9.94. The highest BCUT2D eigenvalue weighted by Crippen LogP contribution is 2.25. The number of benzene rings is 2. The first-order chi connectivity index (χ1) is 10.0. The van der Waals surface area contributed by atoms with Gasteiger partial charge in [0.2, 0.25) is 0 Å². The van der Waals surface area contributed by atoms with Crippen molar-refractivity contribution in [3.63, 3.8) is 0 Å². The fourth-order valence-electron chi connectivity index (χ4n) is 2.50. The van der Waals surface area contributed by atoms with Gasteiger partial charge in [-0.05, 0) is 67.3 Å². The summed E-state index contributed by atoms with van der Waals surface area (Å²) < 4.78 is 27.1. The summed E-state index contributed by atoms with van der Waals surface area (Å²) in [6.07, 6.45) is 0.977. The highest BCUT2D eigenvalue weighted by molar-refractivity contribution is 5.36. The van der Waals surface area contributed by atoms with E-state index in [0.29, 0.717) is 5.56 Å². The van der Waals surface area contributed by atoms with E-state index < -0.39 is 0 Å². The number of rotatable bonds is 5. The van der Waals surface area contributed by atoms with Gasteiger partial charge in [0, 0.05) is 0 Å². The minimum Gasteiger partial charge on any atom is -0.306 e. The zero-order valence-electron chi connectivity index (χ0n) is 12.7. The van der Waals surface area contributed by atoms with Crippen LogP contribution in [0.4, 0.5) is 8.78 Å². The van der Waals surface area contributed by atoms with Crippen molar-refractivity contribution < 1.29 is 8.78 Å². The summed E-state index contributed by atoms with van der Waals surface area (Å²) in [5.41, 5.74) is 3.30. The second kappa shape index (κ2) is 6.81. The van der Waals surface area contributed by atoms with E-state index in [9.17, 15) is 8.78 Å². The fourth-order valence-corrected chi connectivity index (χ4v) is 2.50. The van der Waals surface area contributed by atoms with Gasteiger partial charge in [-0.3, -0.25) is 0 Å². The predicted octanol–water partition coefficient (Wildman–Crippen LogP) is 4.67. The molecule has 112 valence electrons. The van der Waals surface area contributed by atoms with E-state index in [-0.39, 0.29) is 17.7 Å². The van der Waals surface area contributed by atoms with E-state index >= 15 is 0 Å². The Morgan fingerprint density at radius 3 is 2.38 bits per heavy atom. The molecule has 2 aromatic rings. The molecule has 21 heavy (non-hydrogen) atoms. The SMILES string of the molecule is CCCNC(c1cc(C)cc(F)c1)c1ccc(F)c(C)c1. The van der Waals surface area contributed by atoms with Crippen molar-refractivity contribution in [1.29, 1.82) is 0 Å². The van der Waals surface area contributed by atoms with Crippen molar-refractivity contribution >= 4 is 0 Å². The largest absolute Gasteiger partial charge is 0.306 e. The Labute approximate surface area is 125 Å². The first kappa shape index (κ1) is 15.6. The molecule has 0 aliphatic heterocycles. The van der Waals surface area contributed by atoms with Gasteiger partial charge in [-0.1, -0.05) is 25.1 Å². The molecule has 0 radical (unpaired) electrons. The Balaban J connectivity index is 2.43. The van der Waals surface area contributed by atoms with Crippen LogP contribution in [0.3, 0.4) is 0 Å². The standard InChI is InChI=1S/C18H21F2N/c1-4-7-21-18(14-5-6-17(20)13(3)10-14)15-8-12(2)9-16(19)11-15/h5-6,8-11,18,21H,4,7H2,1-3H3. The predicted molar refractivity (Wildman–Crippen MR) is 82.4 cm³/mol. The van der Waals surface area contributed by atoms with Gasteiger partial charge in [-0.2, -0.15) is 0 Å². The van der Waals surface area contributed by atoms with Crippen molar-refractivity contribution in [3.8, 4) is 0 Å². The molecule has 1 atom stereocenters. The molecule has 2 aromatic carbocycles. The van der Waals surface area contributed by atoms with Gasteiger partial charge in [-0.15, -0.1) is 0 Å². The van der Waals surface area contributed by atoms with E-state index in [1.807, 2.05) is 19.1 Å². The van der Waals surface area contributed by atoms with Crippen molar-refractivity contribution in [2.45, 2.75) is 33.2 Å². The number of hydrogen-bond donors (Lipinski definition) is 1. The smallest absolute Gasteiger partial charge is 0.126 e. The number of hydrogen-bond acceptors (Lipinski definition) is 1. The summed E-state index contributed by atoms with van der Waals surface area (Å²) in [4.78, 5) is 0. The Bertz CT molecular complexity index is 602. The lowest BCUT2D eigenvalue weighted by molar-refractivity contribution is 0.580. The van der Waals surface area contributed by atoms with Crippen LogP contribution in [0.25, 0.3) is 0 Å². The molecule has 0 spiro atoms. The fraction of sp³-hybridized carbons (Fsp3) is 0.333. The van der Waals surface area contributed by atoms with Crippen LogP contribution < -0.4 is 5.32 Å². The number of nitrogens with one attached hydrogen (secondary N) is 1. The third-order valence-corrected chi connectivity index (χ3v) is 3.51. The summed E-state index contributed by atoms with van der Waals surface area (Å²) in [7, 11) is 0. The van der Waals surface area contributed by atoms with E-state index in [1.54, 1.807) is 19.1 Å². The average Bonchev–Trinajstić information content (AvgIpc) is 2.42. The molecule has 0 fully saturated rings. The van der Waals surface area contributed by atoms with Crippen LogP contribution in [0.15, 0.2) is 36.4 Å². The molecular formula is C18H21F2N. The van der Waals surface area contributed by atoms with E-state index in [4.69, 9.17) is 0 Å². The maximum Gasteiger partial charge on any atom is 0.126 e. The van der Waals surface area contributed by atoms with Gasteiger partial charge in [0.1, 0.15) is 11.6 Å². The lowest BCUT2D eigenvalue weighted by atomic mass is 9.95. The van der Waals surface area contributed by atoms with Crippen LogP contribution in [0.1, 0.15) is 41.6 Å². The maximum atomic E-state index is 13.7. The third-order valence-electron chi connectivity index (χ3n) is 3.51. The summed E-state index contributed by atoms with van der Waals surface area (Å²) >= 11 is 0. The lowest BCUT2D eigenvalue weighted by Crippen LogP contribution is -2.23. The first-order valence-corrected chi connectivity index (χ1v) is 7.27. The quantitative estimate of drug-likeness (QED) is 0.843. The Morgan fingerprint density at radius 1 is 1.00 bits per heavy atom. The molecule has 0 bridgehead atoms. The molecule has 0 aliphatic rings. The highest BCUT2D eigenvalue weighted by atomic mass is 19.1. The molecule has 0 heterocycles. The summed E-state index contributed by atoms with van der Waals surface area (Å²) in [6.45, 7) is 6.51. The van der Waals surface area contributed by atoms with Crippen molar-refractivity contribution in [2.75, 3.05) is 6.54 Å². The van der Waals surface area contributed by atoms with Gasteiger partial charge < -0.3 is 5.32 Å². The molecule has 0 aromatic heterocycles. The normalized spacial score (nSPS) is 12.4. The van der Waals surface area contributed by atoms with Crippen LogP contribution >= 0.6 is 0 Å². The number of aryl methyl sites for hydroxylation is 2. The van der Waals surface area contributed by atoms with Gasteiger partial charge >= 0.3 is 0 Å². The zero-order valence-corrected chi connectivity index (χ0v) is 12.7.